The predicted octanol–water partition coefficient (Wildman–Crippen LogP) is 3.10. The molecule has 132 valence electrons. The lowest BCUT2D eigenvalue weighted by Gasteiger charge is -2.25. The number of aromatic amines is 1. The van der Waals surface area contributed by atoms with Crippen LogP contribution in [0.25, 0.3) is 10.9 Å². The third-order valence-corrected chi connectivity index (χ3v) is 5.75. The number of anilines is 1. The molecular weight excluding hydrogens is 332 g/mol. The molecule has 1 fully saturated rings. The van der Waals surface area contributed by atoms with Crippen LogP contribution in [0.2, 0.25) is 0 Å². The minimum absolute atomic E-state index is 0.803. The molecule has 25 heavy (non-hydrogen) atoms. The maximum absolute atomic E-state index is 5.40. The molecule has 0 amide bonds. The minimum atomic E-state index is 0.803. The molecule has 0 saturated carbocycles. The van der Waals surface area contributed by atoms with Crippen LogP contribution in [-0.2, 0) is 17.7 Å². The maximum Gasteiger partial charge on any atom is 0.185 e. The molecule has 2 aromatic heterocycles. The molecule has 0 bridgehead atoms. The Bertz CT molecular complexity index is 835. The van der Waals surface area contributed by atoms with Crippen molar-refractivity contribution in [1.29, 1.82) is 0 Å². The second kappa shape index (κ2) is 7.56. The van der Waals surface area contributed by atoms with Gasteiger partial charge in [-0.1, -0.05) is 12.1 Å². The van der Waals surface area contributed by atoms with Crippen LogP contribution in [0, 0.1) is 6.92 Å². The molecule has 3 aromatic rings. The molecule has 0 aliphatic carbocycles. The van der Waals surface area contributed by atoms with Gasteiger partial charge in [0.2, 0.25) is 0 Å². The van der Waals surface area contributed by atoms with Gasteiger partial charge in [0.15, 0.2) is 5.13 Å². The van der Waals surface area contributed by atoms with Gasteiger partial charge in [-0.15, -0.1) is 11.3 Å². The lowest BCUT2D eigenvalue weighted by atomic mass is 10.1. The van der Waals surface area contributed by atoms with Crippen molar-refractivity contribution in [2.24, 2.45) is 0 Å². The number of rotatable bonds is 6. The summed E-state index contributed by atoms with van der Waals surface area (Å²) in [6.07, 6.45) is 5.17. The summed E-state index contributed by atoms with van der Waals surface area (Å²) in [6.45, 7) is 7.52. The average Bonchev–Trinajstić information content (AvgIpc) is 3.27. The van der Waals surface area contributed by atoms with Gasteiger partial charge in [-0.05, 0) is 37.1 Å². The summed E-state index contributed by atoms with van der Waals surface area (Å²) in [4.78, 5) is 11.5. The summed E-state index contributed by atoms with van der Waals surface area (Å²) in [5.41, 5.74) is 3.96. The summed E-state index contributed by atoms with van der Waals surface area (Å²) in [6, 6.07) is 6.42. The molecule has 0 unspecified atom stereocenters. The van der Waals surface area contributed by atoms with E-state index in [9.17, 15) is 0 Å². The van der Waals surface area contributed by atoms with Gasteiger partial charge < -0.3 is 19.9 Å². The Morgan fingerprint density at radius 2 is 2.20 bits per heavy atom. The molecule has 1 aliphatic heterocycles. The molecule has 1 aliphatic rings. The number of hydrogen-bond acceptors (Lipinski definition) is 5. The number of benzene rings is 1. The summed E-state index contributed by atoms with van der Waals surface area (Å²) >= 11 is 1.78. The van der Waals surface area contributed by atoms with Crippen molar-refractivity contribution in [2.75, 3.05) is 37.7 Å². The number of aryl methyl sites for hydroxylation is 1. The van der Waals surface area contributed by atoms with Crippen LogP contribution in [0.15, 0.2) is 30.6 Å². The summed E-state index contributed by atoms with van der Waals surface area (Å²) < 4.78 is 5.40. The Morgan fingerprint density at radius 1 is 1.32 bits per heavy atom. The highest BCUT2D eigenvalue weighted by molar-refractivity contribution is 7.15. The number of hydrogen-bond donors (Lipinski definition) is 2. The summed E-state index contributed by atoms with van der Waals surface area (Å²) in [5, 5.41) is 6.04. The second-order valence-corrected chi connectivity index (χ2v) is 7.54. The van der Waals surface area contributed by atoms with Crippen molar-refractivity contribution >= 4 is 27.4 Å². The van der Waals surface area contributed by atoms with E-state index in [1.54, 1.807) is 11.3 Å². The zero-order valence-electron chi connectivity index (χ0n) is 14.5. The number of H-pyrrole nitrogens is 1. The molecule has 0 spiro atoms. The Kier molecular flexibility index (Phi) is 5.01. The van der Waals surface area contributed by atoms with Crippen molar-refractivity contribution in [1.82, 2.24) is 15.3 Å². The number of ether oxygens (including phenoxy) is 1. The molecule has 4 rings (SSSR count). The van der Waals surface area contributed by atoms with Crippen molar-refractivity contribution in [3.63, 3.8) is 0 Å². The normalized spacial score (nSPS) is 15.2. The Labute approximate surface area is 152 Å². The first kappa shape index (κ1) is 16.6. The third kappa shape index (κ3) is 3.71. The highest BCUT2D eigenvalue weighted by Gasteiger charge is 2.14. The number of morpholine rings is 1. The molecule has 0 atom stereocenters. The van der Waals surface area contributed by atoms with E-state index in [-0.39, 0.29) is 0 Å². The number of nitrogens with one attached hydrogen (secondary N) is 2. The predicted molar refractivity (Wildman–Crippen MR) is 104 cm³/mol. The van der Waals surface area contributed by atoms with Gasteiger partial charge in [-0.25, -0.2) is 4.98 Å². The van der Waals surface area contributed by atoms with Crippen molar-refractivity contribution in [3.8, 4) is 0 Å². The maximum atomic E-state index is 5.40. The number of nitrogens with zero attached hydrogens (tertiary/aromatic N) is 2. The van der Waals surface area contributed by atoms with E-state index in [1.165, 1.54) is 26.9 Å². The summed E-state index contributed by atoms with van der Waals surface area (Å²) in [7, 11) is 0. The molecule has 3 heterocycles. The van der Waals surface area contributed by atoms with E-state index in [2.05, 4.69) is 51.5 Å². The first-order valence-corrected chi connectivity index (χ1v) is 9.66. The first-order chi connectivity index (χ1) is 12.3. The Hall–Kier alpha value is -1.89. The average molecular weight is 356 g/mol. The molecule has 0 radical (unpaired) electrons. The van der Waals surface area contributed by atoms with E-state index in [0.29, 0.717) is 0 Å². The van der Waals surface area contributed by atoms with Crippen LogP contribution < -0.4 is 10.2 Å². The summed E-state index contributed by atoms with van der Waals surface area (Å²) in [5.74, 6) is 0. The minimum Gasteiger partial charge on any atom is -0.378 e. The highest BCUT2D eigenvalue weighted by atomic mass is 32.1. The zero-order valence-corrected chi connectivity index (χ0v) is 15.4. The third-order valence-electron chi connectivity index (χ3n) is 4.69. The lowest BCUT2D eigenvalue weighted by molar-refractivity contribution is 0.122. The number of aromatic nitrogens is 2. The fourth-order valence-corrected chi connectivity index (χ4v) is 4.29. The number of fused-ring (bicyclic) bond motifs is 1. The van der Waals surface area contributed by atoms with E-state index in [1.807, 2.05) is 6.20 Å². The van der Waals surface area contributed by atoms with Crippen molar-refractivity contribution in [2.45, 2.75) is 19.9 Å². The molecular formula is C19H24N4OS. The largest absolute Gasteiger partial charge is 0.378 e. The van der Waals surface area contributed by atoms with Gasteiger partial charge in [0.25, 0.3) is 0 Å². The van der Waals surface area contributed by atoms with Crippen LogP contribution >= 0.6 is 11.3 Å². The van der Waals surface area contributed by atoms with Gasteiger partial charge in [-0.2, -0.15) is 0 Å². The van der Waals surface area contributed by atoms with E-state index < -0.39 is 0 Å². The van der Waals surface area contributed by atoms with Crippen LogP contribution in [0.4, 0.5) is 5.13 Å². The van der Waals surface area contributed by atoms with Gasteiger partial charge in [0, 0.05) is 47.8 Å². The second-order valence-electron chi connectivity index (χ2n) is 6.45. The monoisotopic (exact) mass is 356 g/mol. The standard InChI is InChI=1S/C19H24N4OS/c1-14-3-2-4-17-18(14)15(11-21-17)5-6-20-12-16-13-22-19(25-16)23-7-9-24-10-8-23/h2-4,11,13,20-21H,5-10,12H2,1H3. The smallest absolute Gasteiger partial charge is 0.185 e. The molecule has 1 saturated heterocycles. The van der Waals surface area contributed by atoms with Gasteiger partial charge in [0.05, 0.1) is 13.2 Å². The SMILES string of the molecule is Cc1cccc2[nH]cc(CCNCc3cnc(N4CCOCC4)s3)c12. The lowest BCUT2D eigenvalue weighted by Crippen LogP contribution is -2.36. The quantitative estimate of drug-likeness (QED) is 0.667. The van der Waals surface area contributed by atoms with Crippen LogP contribution in [0.5, 0.6) is 0 Å². The Morgan fingerprint density at radius 3 is 3.08 bits per heavy atom. The van der Waals surface area contributed by atoms with Crippen molar-refractivity contribution in [3.05, 3.63) is 46.6 Å². The van der Waals surface area contributed by atoms with Crippen LogP contribution in [0.1, 0.15) is 16.0 Å². The van der Waals surface area contributed by atoms with Crippen molar-refractivity contribution < 1.29 is 4.74 Å². The van der Waals surface area contributed by atoms with Gasteiger partial charge in [-0.3, -0.25) is 0 Å². The molecule has 6 heteroatoms. The van der Waals surface area contributed by atoms with E-state index in [4.69, 9.17) is 4.74 Å². The van der Waals surface area contributed by atoms with Crippen LogP contribution in [0.3, 0.4) is 0 Å². The Balaban J connectivity index is 1.30. The fourth-order valence-electron chi connectivity index (χ4n) is 3.36. The van der Waals surface area contributed by atoms with E-state index in [0.717, 1.165) is 50.9 Å². The van der Waals surface area contributed by atoms with Gasteiger partial charge >= 0.3 is 0 Å². The molecule has 2 N–H and O–H groups in total. The zero-order chi connectivity index (χ0) is 17.1. The first-order valence-electron chi connectivity index (χ1n) is 8.85. The molecule has 5 nitrogen and oxygen atoms in total. The van der Waals surface area contributed by atoms with Crippen LogP contribution in [-0.4, -0.2) is 42.8 Å². The number of thiazole rings is 1. The highest BCUT2D eigenvalue weighted by Crippen LogP contribution is 2.24. The van der Waals surface area contributed by atoms with E-state index >= 15 is 0 Å². The topological polar surface area (TPSA) is 53.2 Å². The molecule has 1 aromatic carbocycles. The fraction of sp³-hybridized carbons (Fsp3) is 0.421. The van der Waals surface area contributed by atoms with Gasteiger partial charge in [0.1, 0.15) is 0 Å².